The first-order valence-corrected chi connectivity index (χ1v) is 6.45. The molecule has 1 aliphatic heterocycles. The predicted molar refractivity (Wildman–Crippen MR) is 70.0 cm³/mol. The normalized spacial score (nSPS) is 17.8. The Hall–Kier alpha value is -2.32. The molecule has 9 heteroatoms. The van der Waals surface area contributed by atoms with Gasteiger partial charge in [0.05, 0.1) is 0 Å². The second-order valence-corrected chi connectivity index (χ2v) is 5.43. The second kappa shape index (κ2) is 5.15. The highest BCUT2D eigenvalue weighted by atomic mass is 19.4. The molecule has 0 aromatic carbocycles. The Kier molecular flexibility index (Phi) is 3.76. The van der Waals surface area contributed by atoms with Gasteiger partial charge >= 0.3 is 12.2 Å². The number of carbonyl (C=O) groups is 2. The van der Waals surface area contributed by atoms with Crippen LogP contribution in [0.25, 0.3) is 0 Å². The molecule has 120 valence electrons. The largest absolute Gasteiger partial charge is 0.421 e. The van der Waals surface area contributed by atoms with Crippen LogP contribution in [0, 0.1) is 0 Å². The van der Waals surface area contributed by atoms with Crippen molar-refractivity contribution in [1.82, 2.24) is 14.8 Å². The molecule has 0 unspecified atom stereocenters. The minimum atomic E-state index is -4.75. The summed E-state index contributed by atoms with van der Waals surface area (Å²) in [5, 5.41) is 2.45. The summed E-state index contributed by atoms with van der Waals surface area (Å²) in [4.78, 5) is 36.2. The third kappa shape index (κ3) is 2.83. The van der Waals surface area contributed by atoms with Crippen molar-refractivity contribution in [1.29, 1.82) is 0 Å². The van der Waals surface area contributed by atoms with Gasteiger partial charge < -0.3 is 9.88 Å². The highest BCUT2D eigenvalue weighted by Gasteiger charge is 2.44. The lowest BCUT2D eigenvalue weighted by molar-refractivity contribution is -0.139. The number of nitrogens with one attached hydrogen (secondary N) is 1. The maximum absolute atomic E-state index is 12.7. The Morgan fingerprint density at radius 3 is 2.32 bits per heavy atom. The Balaban J connectivity index is 2.19. The molecule has 1 aliphatic rings. The number of halogens is 3. The SMILES string of the molecule is CC1(C)NC(=O)N(CCn2cccc(C(F)(F)F)c2=O)C1=O. The van der Waals surface area contributed by atoms with Crippen LogP contribution in [0.4, 0.5) is 18.0 Å². The number of carbonyl (C=O) groups excluding carboxylic acids is 2. The number of amides is 3. The van der Waals surface area contributed by atoms with Crippen LogP contribution in [0.2, 0.25) is 0 Å². The number of hydrogen-bond acceptors (Lipinski definition) is 3. The van der Waals surface area contributed by atoms with Crippen molar-refractivity contribution < 1.29 is 22.8 Å². The van der Waals surface area contributed by atoms with Gasteiger partial charge in [0.1, 0.15) is 11.1 Å². The molecule has 0 spiro atoms. The molecule has 1 N–H and O–H groups in total. The minimum absolute atomic E-state index is 0.185. The van der Waals surface area contributed by atoms with E-state index in [1.807, 2.05) is 0 Å². The van der Waals surface area contributed by atoms with E-state index in [1.165, 1.54) is 20.0 Å². The molecule has 0 bridgehead atoms. The van der Waals surface area contributed by atoms with Gasteiger partial charge in [-0.3, -0.25) is 14.5 Å². The summed E-state index contributed by atoms with van der Waals surface area (Å²) in [6.45, 7) is 2.64. The Bertz CT molecular complexity index is 679. The fourth-order valence-electron chi connectivity index (χ4n) is 2.16. The van der Waals surface area contributed by atoms with E-state index < -0.39 is 34.8 Å². The number of alkyl halides is 3. The lowest BCUT2D eigenvalue weighted by Gasteiger charge is -2.17. The van der Waals surface area contributed by atoms with Crippen molar-refractivity contribution in [2.45, 2.75) is 32.1 Å². The molecular weight excluding hydrogens is 303 g/mol. The Morgan fingerprint density at radius 2 is 1.82 bits per heavy atom. The standard InChI is InChI=1S/C13H14F3N3O3/c1-12(2)10(21)19(11(22)17-12)7-6-18-5-3-4-8(9(18)20)13(14,15)16/h3-5H,6-7H2,1-2H3,(H,17,22). The number of aromatic nitrogens is 1. The first-order chi connectivity index (χ1) is 10.0. The predicted octanol–water partition coefficient (Wildman–Crippen LogP) is 1.20. The van der Waals surface area contributed by atoms with Gasteiger partial charge in [0, 0.05) is 19.3 Å². The van der Waals surface area contributed by atoms with Gasteiger partial charge in [-0.25, -0.2) is 4.79 Å². The molecule has 0 saturated carbocycles. The van der Waals surface area contributed by atoms with E-state index in [0.29, 0.717) is 6.07 Å². The lowest BCUT2D eigenvalue weighted by atomic mass is 10.1. The van der Waals surface area contributed by atoms with Crippen LogP contribution >= 0.6 is 0 Å². The molecule has 1 fully saturated rings. The summed E-state index contributed by atoms with van der Waals surface area (Å²) in [6, 6.07) is 1.16. The third-order valence-corrected chi connectivity index (χ3v) is 3.33. The van der Waals surface area contributed by atoms with Crippen LogP contribution in [-0.2, 0) is 17.5 Å². The number of pyridine rings is 1. The first kappa shape index (κ1) is 16.1. The molecule has 1 aromatic rings. The first-order valence-electron chi connectivity index (χ1n) is 6.45. The Labute approximate surface area is 123 Å². The van der Waals surface area contributed by atoms with E-state index in [1.54, 1.807) is 0 Å². The molecular formula is C13H14F3N3O3. The molecule has 1 aromatic heterocycles. The topological polar surface area (TPSA) is 71.4 Å². The summed E-state index contributed by atoms with van der Waals surface area (Å²) in [7, 11) is 0. The number of urea groups is 1. The zero-order valence-corrected chi connectivity index (χ0v) is 11.9. The van der Waals surface area contributed by atoms with Crippen LogP contribution in [0.5, 0.6) is 0 Å². The summed E-state index contributed by atoms with van der Waals surface area (Å²) in [6.07, 6.45) is -3.57. The summed E-state index contributed by atoms with van der Waals surface area (Å²) in [5.41, 5.74) is -3.55. The molecule has 2 heterocycles. The van der Waals surface area contributed by atoms with Crippen molar-refractivity contribution in [2.24, 2.45) is 0 Å². The number of imide groups is 1. The van der Waals surface area contributed by atoms with Crippen LogP contribution < -0.4 is 10.9 Å². The van der Waals surface area contributed by atoms with Gasteiger partial charge in [-0.2, -0.15) is 13.2 Å². The van der Waals surface area contributed by atoms with Crippen LogP contribution in [0.1, 0.15) is 19.4 Å². The minimum Gasteiger partial charge on any atom is -0.324 e. The molecule has 0 radical (unpaired) electrons. The summed E-state index contributed by atoms with van der Waals surface area (Å²) < 4.78 is 38.8. The fourth-order valence-corrected chi connectivity index (χ4v) is 2.16. The monoisotopic (exact) mass is 317 g/mol. The van der Waals surface area contributed by atoms with Gasteiger partial charge in [0.25, 0.3) is 11.5 Å². The number of nitrogens with zero attached hydrogens (tertiary/aromatic N) is 2. The van der Waals surface area contributed by atoms with Crippen LogP contribution in [-0.4, -0.2) is 33.5 Å². The van der Waals surface area contributed by atoms with Gasteiger partial charge in [0.15, 0.2) is 0 Å². The van der Waals surface area contributed by atoms with E-state index in [2.05, 4.69) is 5.32 Å². The summed E-state index contributed by atoms with van der Waals surface area (Å²) >= 11 is 0. The zero-order chi connectivity index (χ0) is 16.7. The van der Waals surface area contributed by atoms with Crippen molar-refractivity contribution in [3.05, 3.63) is 34.2 Å². The number of hydrogen-bond donors (Lipinski definition) is 1. The van der Waals surface area contributed by atoms with E-state index >= 15 is 0 Å². The van der Waals surface area contributed by atoms with Crippen molar-refractivity contribution in [2.75, 3.05) is 6.54 Å². The zero-order valence-electron chi connectivity index (χ0n) is 11.9. The van der Waals surface area contributed by atoms with Gasteiger partial charge in [-0.15, -0.1) is 0 Å². The van der Waals surface area contributed by atoms with Gasteiger partial charge in [-0.1, -0.05) is 0 Å². The molecule has 0 atom stereocenters. The Morgan fingerprint density at radius 1 is 1.18 bits per heavy atom. The summed E-state index contributed by atoms with van der Waals surface area (Å²) in [5.74, 6) is -0.488. The third-order valence-electron chi connectivity index (χ3n) is 3.33. The van der Waals surface area contributed by atoms with Crippen molar-refractivity contribution >= 4 is 11.9 Å². The maximum Gasteiger partial charge on any atom is 0.421 e. The maximum atomic E-state index is 12.7. The molecule has 22 heavy (non-hydrogen) atoms. The molecule has 1 saturated heterocycles. The van der Waals surface area contributed by atoms with Crippen LogP contribution in [0.15, 0.2) is 23.1 Å². The molecule has 3 amide bonds. The molecule has 2 rings (SSSR count). The van der Waals surface area contributed by atoms with Gasteiger partial charge in [-0.05, 0) is 26.0 Å². The highest BCUT2D eigenvalue weighted by molar-refractivity contribution is 6.06. The molecule has 6 nitrogen and oxygen atoms in total. The van der Waals surface area contributed by atoms with E-state index in [-0.39, 0.29) is 13.1 Å². The van der Waals surface area contributed by atoms with E-state index in [9.17, 15) is 27.6 Å². The van der Waals surface area contributed by atoms with E-state index in [0.717, 1.165) is 15.5 Å². The van der Waals surface area contributed by atoms with Crippen LogP contribution in [0.3, 0.4) is 0 Å². The second-order valence-electron chi connectivity index (χ2n) is 5.43. The van der Waals surface area contributed by atoms with E-state index in [4.69, 9.17) is 0 Å². The fraction of sp³-hybridized carbons (Fsp3) is 0.462. The smallest absolute Gasteiger partial charge is 0.324 e. The van der Waals surface area contributed by atoms with Crippen molar-refractivity contribution in [3.8, 4) is 0 Å². The average Bonchev–Trinajstić information content (AvgIpc) is 2.57. The highest BCUT2D eigenvalue weighted by Crippen LogP contribution is 2.26. The average molecular weight is 317 g/mol. The van der Waals surface area contributed by atoms with Crippen molar-refractivity contribution in [3.63, 3.8) is 0 Å². The quantitative estimate of drug-likeness (QED) is 0.852. The number of rotatable bonds is 3. The molecule has 0 aliphatic carbocycles. The lowest BCUT2D eigenvalue weighted by Crippen LogP contribution is -2.41. The van der Waals surface area contributed by atoms with Gasteiger partial charge in [0.2, 0.25) is 0 Å².